The molecule has 0 amide bonds. The molecule has 0 atom stereocenters. The summed E-state index contributed by atoms with van der Waals surface area (Å²) in [5.41, 5.74) is 7.82. The van der Waals surface area contributed by atoms with Crippen molar-refractivity contribution in [3.63, 3.8) is 0 Å². The van der Waals surface area contributed by atoms with Crippen LogP contribution in [0, 0.1) is 11.8 Å². The van der Waals surface area contributed by atoms with Gasteiger partial charge in [0.2, 0.25) is 0 Å². The van der Waals surface area contributed by atoms with Gasteiger partial charge in [-0.3, -0.25) is 0 Å². The molecule has 0 N–H and O–H groups in total. The van der Waals surface area contributed by atoms with E-state index in [4.69, 9.17) is 0 Å². The first-order valence-electron chi connectivity index (χ1n) is 5.74. The van der Waals surface area contributed by atoms with Gasteiger partial charge in [0.05, 0.1) is 0 Å². The Morgan fingerprint density at radius 2 is 1.94 bits per heavy atom. The minimum absolute atomic E-state index is 0. The average Bonchev–Trinajstić information content (AvgIpc) is 2.62. The van der Waals surface area contributed by atoms with E-state index in [1.54, 1.807) is 5.56 Å². The molecule has 0 spiro atoms. The molecular weight excluding hydrogens is 187 g/mol. The molecular formula is C15H17Li. The van der Waals surface area contributed by atoms with Crippen molar-refractivity contribution >= 4 is 5.57 Å². The van der Waals surface area contributed by atoms with Gasteiger partial charge in [-0.25, -0.2) is 0 Å². The minimum Gasteiger partial charge on any atom is -0.188 e. The Morgan fingerprint density at radius 1 is 1.19 bits per heavy atom. The first-order valence-corrected chi connectivity index (χ1v) is 5.74. The Balaban J connectivity index is 0.000000963. The normalized spacial score (nSPS) is 19.3. The fraction of sp³-hybridized carbons (Fsp3) is 0.400. The number of fused-ring (bicyclic) bond motifs is 2. The van der Waals surface area contributed by atoms with Crippen molar-refractivity contribution in [2.75, 3.05) is 0 Å². The number of allylic oxidation sites excluding steroid dienone is 2. The van der Waals surface area contributed by atoms with Gasteiger partial charge in [-0.15, -0.1) is 11.6 Å². The van der Waals surface area contributed by atoms with Crippen LogP contribution in [0.3, 0.4) is 0 Å². The predicted molar refractivity (Wildman–Crippen MR) is 64.7 cm³/mol. The Morgan fingerprint density at radius 3 is 2.69 bits per heavy atom. The predicted octanol–water partition coefficient (Wildman–Crippen LogP) is 0.785. The van der Waals surface area contributed by atoms with Gasteiger partial charge in [0.1, 0.15) is 0 Å². The molecule has 0 nitrogen and oxygen atoms in total. The molecule has 0 fully saturated rings. The van der Waals surface area contributed by atoms with Crippen LogP contribution >= 0.6 is 0 Å². The van der Waals surface area contributed by atoms with Crippen LogP contribution in [-0.4, -0.2) is 0 Å². The summed E-state index contributed by atoms with van der Waals surface area (Å²) in [5, 5.41) is 0. The molecule has 2 aliphatic rings. The molecule has 3 rings (SSSR count). The van der Waals surface area contributed by atoms with E-state index in [0.29, 0.717) is 5.41 Å². The first-order chi connectivity index (χ1) is 7.05. The van der Waals surface area contributed by atoms with Crippen molar-refractivity contribution in [3.8, 4) is 0 Å². The van der Waals surface area contributed by atoms with E-state index in [1.807, 2.05) is 0 Å². The number of hydrogen-bond acceptors (Lipinski definition) is 0. The maximum absolute atomic E-state index is 2.42. The van der Waals surface area contributed by atoms with E-state index in [2.05, 4.69) is 45.4 Å². The van der Waals surface area contributed by atoms with Crippen LogP contribution in [0.5, 0.6) is 0 Å². The molecule has 0 saturated heterocycles. The van der Waals surface area contributed by atoms with Gasteiger partial charge in [0.15, 0.2) is 0 Å². The molecule has 2 aliphatic carbocycles. The quantitative estimate of drug-likeness (QED) is 0.433. The zero-order valence-corrected chi connectivity index (χ0v) is 10.7. The molecule has 1 aromatic rings. The van der Waals surface area contributed by atoms with E-state index < -0.39 is 0 Å². The van der Waals surface area contributed by atoms with Crippen LogP contribution in [0.1, 0.15) is 43.0 Å². The monoisotopic (exact) mass is 204 g/mol. The smallest absolute Gasteiger partial charge is 0.188 e. The van der Waals surface area contributed by atoms with E-state index in [0.717, 1.165) is 6.42 Å². The van der Waals surface area contributed by atoms with Crippen molar-refractivity contribution < 1.29 is 18.9 Å². The van der Waals surface area contributed by atoms with E-state index in [9.17, 15) is 0 Å². The molecule has 1 aromatic carbocycles. The molecule has 0 aromatic heterocycles. The first kappa shape index (κ1) is 11.9. The van der Waals surface area contributed by atoms with Gasteiger partial charge in [0.25, 0.3) is 0 Å². The van der Waals surface area contributed by atoms with Crippen LogP contribution in [-0.2, 0) is 12.8 Å². The van der Waals surface area contributed by atoms with E-state index in [-0.39, 0.29) is 18.9 Å². The molecule has 1 heteroatoms. The van der Waals surface area contributed by atoms with Crippen LogP contribution < -0.4 is 18.9 Å². The summed E-state index contributed by atoms with van der Waals surface area (Å²) in [6.07, 6.45) is 7.10. The molecule has 0 unspecified atom stereocenters. The Hall–Kier alpha value is -0.573. The Kier molecular flexibility index (Phi) is 2.77. The molecule has 0 aliphatic heterocycles. The zero-order valence-electron chi connectivity index (χ0n) is 10.7. The van der Waals surface area contributed by atoms with Crippen molar-refractivity contribution in [1.82, 2.24) is 0 Å². The minimum atomic E-state index is 0. The molecule has 16 heavy (non-hydrogen) atoms. The molecule has 0 radical (unpaired) electrons. The maximum atomic E-state index is 2.42. The van der Waals surface area contributed by atoms with Crippen LogP contribution in [0.15, 0.2) is 18.2 Å². The van der Waals surface area contributed by atoms with E-state index in [1.165, 1.54) is 28.7 Å². The summed E-state index contributed by atoms with van der Waals surface area (Å²) in [6, 6.07) is 4.81. The second-order valence-electron chi connectivity index (χ2n) is 5.61. The summed E-state index contributed by atoms with van der Waals surface area (Å²) in [6.45, 7) is 6.86. The fourth-order valence-electron chi connectivity index (χ4n) is 2.87. The van der Waals surface area contributed by atoms with Crippen molar-refractivity contribution in [2.24, 2.45) is 5.41 Å². The largest absolute Gasteiger partial charge is 1.00 e. The standard InChI is InChI=1S/C15H17.Li/c1-10-4-5-11-6-12-8-15(2,3)9-13(12)7-14(10)11;/h4,6-7,9H,5,8H2,1-3H3;/q-1;+1. The summed E-state index contributed by atoms with van der Waals surface area (Å²) in [7, 11) is 0. The third-order valence-corrected chi connectivity index (χ3v) is 3.61. The van der Waals surface area contributed by atoms with Crippen molar-refractivity contribution in [3.05, 3.63) is 46.9 Å². The Bertz CT molecular complexity index is 467. The number of hydrogen-bond donors (Lipinski definition) is 0. The summed E-state index contributed by atoms with van der Waals surface area (Å²) in [5.74, 6) is 0. The van der Waals surface area contributed by atoms with Crippen LogP contribution in [0.2, 0.25) is 0 Å². The molecule has 0 saturated carbocycles. The van der Waals surface area contributed by atoms with Gasteiger partial charge in [-0.2, -0.15) is 18.1 Å². The van der Waals surface area contributed by atoms with Gasteiger partial charge in [-0.1, -0.05) is 48.5 Å². The molecule has 0 bridgehead atoms. The summed E-state index contributed by atoms with van der Waals surface area (Å²) in [4.78, 5) is 0. The third kappa shape index (κ3) is 1.75. The van der Waals surface area contributed by atoms with Gasteiger partial charge in [0, 0.05) is 0 Å². The summed E-state index contributed by atoms with van der Waals surface area (Å²) >= 11 is 0. The van der Waals surface area contributed by atoms with Crippen LogP contribution in [0.25, 0.3) is 5.57 Å². The molecule has 78 valence electrons. The van der Waals surface area contributed by atoms with Gasteiger partial charge < -0.3 is 0 Å². The SMILES string of the molecule is CC1=CCc2cc3c(cc21)[CH-]C(C)(C)C3.[Li+]. The van der Waals surface area contributed by atoms with Gasteiger partial charge >= 0.3 is 18.9 Å². The van der Waals surface area contributed by atoms with Crippen molar-refractivity contribution in [2.45, 2.75) is 33.6 Å². The topological polar surface area (TPSA) is 0 Å². The number of benzene rings is 1. The maximum Gasteiger partial charge on any atom is 1.00 e. The average molecular weight is 204 g/mol. The summed E-state index contributed by atoms with van der Waals surface area (Å²) < 4.78 is 0. The third-order valence-electron chi connectivity index (χ3n) is 3.61. The fourth-order valence-corrected chi connectivity index (χ4v) is 2.87. The zero-order chi connectivity index (χ0) is 10.6. The second-order valence-corrected chi connectivity index (χ2v) is 5.61. The van der Waals surface area contributed by atoms with Crippen molar-refractivity contribution in [1.29, 1.82) is 0 Å². The van der Waals surface area contributed by atoms with E-state index >= 15 is 0 Å². The molecule has 0 heterocycles. The van der Waals surface area contributed by atoms with Crippen LogP contribution in [0.4, 0.5) is 0 Å². The number of rotatable bonds is 0. The van der Waals surface area contributed by atoms with Gasteiger partial charge in [-0.05, 0) is 13.3 Å². The second kappa shape index (κ2) is 3.72. The Labute approximate surface area is 110 Å².